The maximum absolute atomic E-state index is 6.28. The highest BCUT2D eigenvalue weighted by atomic mass is 15.4. The van der Waals surface area contributed by atoms with Crippen molar-refractivity contribution >= 4 is 0 Å². The van der Waals surface area contributed by atoms with Crippen molar-refractivity contribution in [2.24, 2.45) is 5.73 Å². The Morgan fingerprint density at radius 3 is 2.74 bits per heavy atom. The quantitative estimate of drug-likeness (QED) is 0.894. The number of hydrogen-bond donors (Lipinski definition) is 1. The molecule has 2 N–H and O–H groups in total. The van der Waals surface area contributed by atoms with Crippen LogP contribution in [0.3, 0.4) is 0 Å². The molecule has 19 heavy (non-hydrogen) atoms. The number of fused-ring (bicyclic) bond motifs is 1. The molecule has 1 aliphatic rings. The molecule has 100 valence electrons. The first-order chi connectivity index (χ1) is 9.18. The van der Waals surface area contributed by atoms with Crippen LogP contribution in [0, 0.1) is 0 Å². The molecule has 2 aromatic rings. The molecule has 5 nitrogen and oxygen atoms in total. The van der Waals surface area contributed by atoms with E-state index in [1.54, 1.807) is 12.4 Å². The van der Waals surface area contributed by atoms with Crippen molar-refractivity contribution in [3.8, 4) is 5.95 Å². The Hall–Kier alpha value is -1.75. The second-order valence-corrected chi connectivity index (χ2v) is 5.36. The Morgan fingerprint density at radius 2 is 2.05 bits per heavy atom. The van der Waals surface area contributed by atoms with Crippen LogP contribution in [0.2, 0.25) is 0 Å². The molecular weight excluding hydrogens is 238 g/mol. The summed E-state index contributed by atoms with van der Waals surface area (Å²) in [5.41, 5.74) is 9.78. The summed E-state index contributed by atoms with van der Waals surface area (Å²) in [6.45, 7) is 4.31. The predicted molar refractivity (Wildman–Crippen MR) is 73.1 cm³/mol. The fourth-order valence-corrected chi connectivity index (χ4v) is 2.75. The first kappa shape index (κ1) is 12.3. The number of rotatable bonds is 2. The van der Waals surface area contributed by atoms with Crippen molar-refractivity contribution in [3.63, 3.8) is 0 Å². The topological polar surface area (TPSA) is 69.6 Å². The maximum atomic E-state index is 6.28. The average Bonchev–Trinajstić information content (AvgIpc) is 2.81. The minimum Gasteiger partial charge on any atom is -0.324 e. The molecule has 0 saturated carbocycles. The highest BCUT2D eigenvalue weighted by molar-refractivity contribution is 5.36. The zero-order valence-electron chi connectivity index (χ0n) is 11.4. The smallest absolute Gasteiger partial charge is 0.250 e. The summed E-state index contributed by atoms with van der Waals surface area (Å²) >= 11 is 0. The van der Waals surface area contributed by atoms with Crippen LogP contribution in [-0.2, 0) is 6.42 Å². The lowest BCUT2D eigenvalue weighted by atomic mass is 9.89. The van der Waals surface area contributed by atoms with Crippen molar-refractivity contribution in [3.05, 3.63) is 35.4 Å². The van der Waals surface area contributed by atoms with Crippen LogP contribution in [-0.4, -0.2) is 19.7 Å². The molecule has 1 aliphatic carbocycles. The normalized spacial score (nSPS) is 18.6. The monoisotopic (exact) mass is 257 g/mol. The Balaban J connectivity index is 2.19. The first-order valence-electron chi connectivity index (χ1n) is 6.83. The molecule has 0 aromatic carbocycles. The Labute approximate surface area is 112 Å². The molecule has 2 aromatic heterocycles. The van der Waals surface area contributed by atoms with E-state index < -0.39 is 0 Å². The van der Waals surface area contributed by atoms with Crippen LogP contribution in [0.1, 0.15) is 55.6 Å². The molecule has 0 spiro atoms. The second-order valence-electron chi connectivity index (χ2n) is 5.36. The second kappa shape index (κ2) is 4.74. The van der Waals surface area contributed by atoms with Gasteiger partial charge in [-0.3, -0.25) is 0 Å². The minimum atomic E-state index is 0.0959. The van der Waals surface area contributed by atoms with Gasteiger partial charge in [-0.25, -0.2) is 14.6 Å². The fraction of sp³-hybridized carbons (Fsp3) is 0.500. The van der Waals surface area contributed by atoms with E-state index >= 15 is 0 Å². The molecule has 0 saturated heterocycles. The lowest BCUT2D eigenvalue weighted by Crippen LogP contribution is -2.19. The van der Waals surface area contributed by atoms with Gasteiger partial charge in [-0.05, 0) is 31.2 Å². The van der Waals surface area contributed by atoms with Gasteiger partial charge in [0.15, 0.2) is 0 Å². The van der Waals surface area contributed by atoms with Crippen LogP contribution < -0.4 is 5.73 Å². The third-order valence-electron chi connectivity index (χ3n) is 3.64. The van der Waals surface area contributed by atoms with Gasteiger partial charge in [0.25, 0.3) is 5.95 Å². The summed E-state index contributed by atoms with van der Waals surface area (Å²) in [5, 5.41) is 4.72. The molecule has 3 rings (SSSR count). The van der Waals surface area contributed by atoms with Gasteiger partial charge in [-0.1, -0.05) is 13.8 Å². The van der Waals surface area contributed by atoms with Crippen LogP contribution >= 0.6 is 0 Å². The van der Waals surface area contributed by atoms with Crippen LogP contribution in [0.5, 0.6) is 0 Å². The van der Waals surface area contributed by atoms with Gasteiger partial charge in [0.05, 0.1) is 11.4 Å². The number of nitrogens with zero attached hydrogens (tertiary/aromatic N) is 4. The summed E-state index contributed by atoms with van der Waals surface area (Å²) in [6.07, 6.45) is 6.63. The van der Waals surface area contributed by atoms with Gasteiger partial charge < -0.3 is 5.73 Å². The van der Waals surface area contributed by atoms with E-state index in [0.29, 0.717) is 11.9 Å². The van der Waals surface area contributed by atoms with E-state index in [1.807, 2.05) is 10.7 Å². The Bertz CT molecular complexity index is 573. The van der Waals surface area contributed by atoms with Gasteiger partial charge in [0.1, 0.15) is 0 Å². The third-order valence-corrected chi connectivity index (χ3v) is 3.64. The van der Waals surface area contributed by atoms with Crippen molar-refractivity contribution < 1.29 is 0 Å². The fourth-order valence-electron chi connectivity index (χ4n) is 2.75. The molecule has 0 bridgehead atoms. The van der Waals surface area contributed by atoms with E-state index in [-0.39, 0.29) is 6.04 Å². The summed E-state index contributed by atoms with van der Waals surface area (Å²) < 4.78 is 1.88. The molecule has 0 aliphatic heterocycles. The van der Waals surface area contributed by atoms with Crippen molar-refractivity contribution in [2.75, 3.05) is 0 Å². The predicted octanol–water partition coefficient (Wildman–Crippen LogP) is 2.12. The Morgan fingerprint density at radius 1 is 1.32 bits per heavy atom. The van der Waals surface area contributed by atoms with Crippen molar-refractivity contribution in [1.29, 1.82) is 0 Å². The lowest BCUT2D eigenvalue weighted by Gasteiger charge is -2.20. The summed E-state index contributed by atoms with van der Waals surface area (Å²) in [6, 6.07) is 1.91. The molecule has 0 radical (unpaired) electrons. The molecule has 5 heteroatoms. The van der Waals surface area contributed by atoms with E-state index in [9.17, 15) is 0 Å². The zero-order valence-corrected chi connectivity index (χ0v) is 11.4. The summed E-state index contributed by atoms with van der Waals surface area (Å²) in [7, 11) is 0. The standard InChI is InChI=1S/C14H19N5/c1-9(2)13-12-10(15)5-3-6-11(12)19(18-13)14-16-7-4-8-17-14/h4,7-10H,3,5-6,15H2,1-2H3. The zero-order chi connectivity index (χ0) is 13.4. The maximum Gasteiger partial charge on any atom is 0.250 e. The van der Waals surface area contributed by atoms with E-state index in [4.69, 9.17) is 10.8 Å². The van der Waals surface area contributed by atoms with Gasteiger partial charge >= 0.3 is 0 Å². The van der Waals surface area contributed by atoms with Gasteiger partial charge in [0.2, 0.25) is 0 Å². The van der Waals surface area contributed by atoms with Crippen LogP contribution in [0.25, 0.3) is 5.95 Å². The highest BCUT2D eigenvalue weighted by Gasteiger charge is 2.28. The average molecular weight is 257 g/mol. The largest absolute Gasteiger partial charge is 0.324 e. The van der Waals surface area contributed by atoms with Crippen molar-refractivity contribution in [1.82, 2.24) is 19.7 Å². The number of hydrogen-bond acceptors (Lipinski definition) is 4. The van der Waals surface area contributed by atoms with Gasteiger partial charge in [-0.2, -0.15) is 5.10 Å². The molecule has 2 heterocycles. The van der Waals surface area contributed by atoms with Gasteiger partial charge in [0, 0.05) is 24.0 Å². The van der Waals surface area contributed by atoms with Gasteiger partial charge in [-0.15, -0.1) is 0 Å². The third kappa shape index (κ3) is 2.04. The Kier molecular flexibility index (Phi) is 3.06. The summed E-state index contributed by atoms with van der Waals surface area (Å²) in [5.74, 6) is 1.00. The SMILES string of the molecule is CC(C)c1nn(-c2ncccn2)c2c1C(N)CCC2. The molecule has 1 atom stereocenters. The first-order valence-corrected chi connectivity index (χ1v) is 6.83. The van der Waals surface area contributed by atoms with E-state index in [1.165, 1.54) is 11.3 Å². The minimum absolute atomic E-state index is 0.0959. The van der Waals surface area contributed by atoms with Crippen LogP contribution in [0.4, 0.5) is 0 Å². The molecular formula is C14H19N5. The number of nitrogens with two attached hydrogens (primary N) is 1. The molecule has 0 fully saturated rings. The summed E-state index contributed by atoms with van der Waals surface area (Å²) in [4.78, 5) is 8.61. The lowest BCUT2D eigenvalue weighted by molar-refractivity contribution is 0.552. The molecule has 1 unspecified atom stereocenters. The van der Waals surface area contributed by atoms with Crippen LogP contribution in [0.15, 0.2) is 18.5 Å². The highest BCUT2D eigenvalue weighted by Crippen LogP contribution is 2.34. The van der Waals surface area contributed by atoms with E-state index in [0.717, 1.165) is 25.0 Å². The number of aromatic nitrogens is 4. The van der Waals surface area contributed by atoms with E-state index in [2.05, 4.69) is 23.8 Å². The molecule has 0 amide bonds. The van der Waals surface area contributed by atoms with Crippen molar-refractivity contribution in [2.45, 2.75) is 45.1 Å².